The predicted molar refractivity (Wildman–Crippen MR) is 76.8 cm³/mol. The van der Waals surface area contributed by atoms with Crippen LogP contribution in [0.1, 0.15) is 31.7 Å². The van der Waals surface area contributed by atoms with Crippen molar-refractivity contribution in [2.45, 2.75) is 39.2 Å². The second-order valence-electron chi connectivity index (χ2n) is 4.34. The number of rotatable bonds is 8. The van der Waals surface area contributed by atoms with E-state index in [1.165, 1.54) is 23.6 Å². The summed E-state index contributed by atoms with van der Waals surface area (Å²) >= 11 is 1.92. The summed E-state index contributed by atoms with van der Waals surface area (Å²) in [5.74, 6) is 1.22. The van der Waals surface area contributed by atoms with Gasteiger partial charge >= 0.3 is 0 Å². The molecule has 0 aliphatic heterocycles. The van der Waals surface area contributed by atoms with Crippen LogP contribution in [0, 0.1) is 0 Å². The van der Waals surface area contributed by atoms with Crippen LogP contribution in [0.2, 0.25) is 0 Å². The minimum atomic E-state index is 0.576. The van der Waals surface area contributed by atoms with Crippen LogP contribution in [0.5, 0.6) is 0 Å². The van der Waals surface area contributed by atoms with Gasteiger partial charge in [-0.15, -0.1) is 0 Å². The van der Waals surface area contributed by atoms with Crippen LogP contribution in [0.25, 0.3) is 0 Å². The zero-order valence-corrected chi connectivity index (χ0v) is 12.3. The molecule has 0 bridgehead atoms. The quantitative estimate of drug-likeness (QED) is 0.773. The molecule has 0 radical (unpaired) electrons. The molecule has 1 heterocycles. The minimum absolute atomic E-state index is 0.576. The minimum Gasteiger partial charge on any atom is -0.314 e. The average Bonchev–Trinajstić information content (AvgIpc) is 2.67. The fraction of sp³-hybridized carbons (Fsp3) is 0.769. The lowest BCUT2D eigenvalue weighted by Gasteiger charge is -2.17. The molecule has 1 unspecified atom stereocenters. The van der Waals surface area contributed by atoms with Crippen molar-refractivity contribution in [1.82, 2.24) is 15.1 Å². The second-order valence-corrected chi connectivity index (χ2v) is 5.33. The molecule has 0 spiro atoms. The zero-order chi connectivity index (χ0) is 12.7. The molecule has 4 heteroatoms. The molecule has 1 N–H and O–H groups in total. The van der Waals surface area contributed by atoms with E-state index in [1.807, 2.05) is 23.5 Å². The molecular formula is C13H25N3S. The number of aryl methyl sites for hydroxylation is 2. The highest BCUT2D eigenvalue weighted by Crippen LogP contribution is 2.10. The topological polar surface area (TPSA) is 29.9 Å². The fourth-order valence-electron chi connectivity index (χ4n) is 2.01. The van der Waals surface area contributed by atoms with Crippen molar-refractivity contribution in [2.75, 3.05) is 18.6 Å². The van der Waals surface area contributed by atoms with Crippen molar-refractivity contribution in [3.63, 3.8) is 0 Å². The van der Waals surface area contributed by atoms with Gasteiger partial charge in [0.15, 0.2) is 0 Å². The Hall–Kier alpha value is -0.480. The molecule has 17 heavy (non-hydrogen) atoms. The van der Waals surface area contributed by atoms with E-state index >= 15 is 0 Å². The average molecular weight is 255 g/mol. The van der Waals surface area contributed by atoms with E-state index in [4.69, 9.17) is 0 Å². The highest BCUT2D eigenvalue weighted by molar-refractivity contribution is 7.98. The van der Waals surface area contributed by atoms with Crippen LogP contribution in [-0.4, -0.2) is 34.4 Å². The summed E-state index contributed by atoms with van der Waals surface area (Å²) < 4.78 is 2.03. The van der Waals surface area contributed by atoms with Gasteiger partial charge in [0.2, 0.25) is 0 Å². The Morgan fingerprint density at radius 2 is 2.24 bits per heavy atom. The number of thioether (sulfide) groups is 1. The van der Waals surface area contributed by atoms with Crippen LogP contribution in [0.4, 0.5) is 0 Å². The van der Waals surface area contributed by atoms with Gasteiger partial charge in [-0.05, 0) is 37.5 Å². The molecule has 0 fully saturated rings. The lowest BCUT2D eigenvalue weighted by atomic mass is 10.1. The van der Waals surface area contributed by atoms with Crippen LogP contribution in [0.15, 0.2) is 6.07 Å². The van der Waals surface area contributed by atoms with E-state index < -0.39 is 0 Å². The Labute approximate surface area is 109 Å². The Kier molecular flexibility index (Phi) is 6.66. The van der Waals surface area contributed by atoms with Crippen molar-refractivity contribution in [1.29, 1.82) is 0 Å². The first-order valence-electron chi connectivity index (χ1n) is 6.45. The third-order valence-electron chi connectivity index (χ3n) is 3.01. The summed E-state index contributed by atoms with van der Waals surface area (Å²) in [5.41, 5.74) is 2.54. The number of hydrogen-bond donors (Lipinski definition) is 1. The molecule has 0 amide bonds. The fourth-order valence-corrected chi connectivity index (χ4v) is 2.53. The molecule has 1 rings (SSSR count). The maximum absolute atomic E-state index is 4.51. The number of nitrogens with one attached hydrogen (secondary N) is 1. The molecule has 0 aromatic carbocycles. The van der Waals surface area contributed by atoms with Crippen molar-refractivity contribution < 1.29 is 0 Å². The van der Waals surface area contributed by atoms with Gasteiger partial charge in [-0.25, -0.2) is 0 Å². The highest BCUT2D eigenvalue weighted by Gasteiger charge is 2.11. The summed E-state index contributed by atoms with van der Waals surface area (Å²) in [4.78, 5) is 0. The third kappa shape index (κ3) is 4.72. The van der Waals surface area contributed by atoms with Gasteiger partial charge < -0.3 is 5.32 Å². The number of aromatic nitrogens is 2. The maximum Gasteiger partial charge on any atom is 0.0624 e. The van der Waals surface area contributed by atoms with E-state index in [1.54, 1.807) is 0 Å². The standard InChI is InChI=1S/C13H25N3S/c1-5-11-9-13(16(3)15-11)10-12(14-6-2)7-8-17-4/h9,12,14H,5-8,10H2,1-4H3. The Balaban J connectivity index is 2.60. The van der Waals surface area contributed by atoms with Crippen molar-refractivity contribution in [3.8, 4) is 0 Å². The smallest absolute Gasteiger partial charge is 0.0624 e. The first-order valence-corrected chi connectivity index (χ1v) is 7.84. The largest absolute Gasteiger partial charge is 0.314 e. The molecule has 0 aliphatic carbocycles. The summed E-state index contributed by atoms with van der Waals surface area (Å²) in [6.45, 7) is 5.37. The second kappa shape index (κ2) is 7.77. The summed E-state index contributed by atoms with van der Waals surface area (Å²) in [6, 6.07) is 2.82. The molecule has 1 aromatic heterocycles. The molecule has 1 aromatic rings. The van der Waals surface area contributed by atoms with Gasteiger partial charge in [-0.1, -0.05) is 13.8 Å². The molecule has 0 saturated carbocycles. The van der Waals surface area contributed by atoms with Gasteiger partial charge in [0.1, 0.15) is 0 Å². The Morgan fingerprint density at radius 1 is 1.47 bits per heavy atom. The first kappa shape index (κ1) is 14.6. The zero-order valence-electron chi connectivity index (χ0n) is 11.5. The SMILES string of the molecule is CCNC(CCSC)Cc1cc(CC)nn1C. The van der Waals surface area contributed by atoms with Crippen LogP contribution >= 0.6 is 11.8 Å². The summed E-state index contributed by atoms with van der Waals surface area (Å²) in [5, 5.41) is 8.07. The Morgan fingerprint density at radius 3 is 2.76 bits per heavy atom. The van der Waals surface area contributed by atoms with Crippen molar-refractivity contribution in [3.05, 3.63) is 17.5 Å². The monoisotopic (exact) mass is 255 g/mol. The van der Waals surface area contributed by atoms with E-state index in [9.17, 15) is 0 Å². The van der Waals surface area contributed by atoms with E-state index in [2.05, 4.69) is 36.6 Å². The molecule has 1 atom stereocenters. The van der Waals surface area contributed by atoms with Crippen molar-refractivity contribution in [2.24, 2.45) is 7.05 Å². The Bertz CT molecular complexity index is 322. The maximum atomic E-state index is 4.51. The molecule has 0 saturated heterocycles. The molecular weight excluding hydrogens is 230 g/mol. The summed E-state index contributed by atoms with van der Waals surface area (Å²) in [6.07, 6.45) is 5.49. The lowest BCUT2D eigenvalue weighted by molar-refractivity contribution is 0.497. The van der Waals surface area contributed by atoms with Crippen molar-refractivity contribution >= 4 is 11.8 Å². The van der Waals surface area contributed by atoms with Crippen LogP contribution in [0.3, 0.4) is 0 Å². The van der Waals surface area contributed by atoms with Gasteiger partial charge in [0.05, 0.1) is 5.69 Å². The number of hydrogen-bond acceptors (Lipinski definition) is 3. The molecule has 98 valence electrons. The third-order valence-corrected chi connectivity index (χ3v) is 3.65. The van der Waals surface area contributed by atoms with Gasteiger partial charge in [0, 0.05) is 25.2 Å². The van der Waals surface area contributed by atoms with E-state index in [-0.39, 0.29) is 0 Å². The normalized spacial score (nSPS) is 12.9. The van der Waals surface area contributed by atoms with Crippen LogP contribution in [-0.2, 0) is 19.9 Å². The van der Waals surface area contributed by atoms with Gasteiger partial charge in [0.25, 0.3) is 0 Å². The van der Waals surface area contributed by atoms with E-state index in [0.29, 0.717) is 6.04 Å². The molecule has 3 nitrogen and oxygen atoms in total. The number of likely N-dealkylation sites (N-methyl/N-ethyl adjacent to an activating group) is 1. The van der Waals surface area contributed by atoms with Crippen LogP contribution < -0.4 is 5.32 Å². The van der Waals surface area contributed by atoms with Gasteiger partial charge in [-0.2, -0.15) is 16.9 Å². The van der Waals surface area contributed by atoms with Gasteiger partial charge in [-0.3, -0.25) is 4.68 Å². The van der Waals surface area contributed by atoms with E-state index in [0.717, 1.165) is 19.4 Å². The molecule has 0 aliphatic rings. The lowest BCUT2D eigenvalue weighted by Crippen LogP contribution is -2.32. The first-order chi connectivity index (χ1) is 8.21. The highest BCUT2D eigenvalue weighted by atomic mass is 32.2. The predicted octanol–water partition coefficient (Wildman–Crippen LogP) is 2.26. The number of nitrogens with zero attached hydrogens (tertiary/aromatic N) is 2. The summed E-state index contributed by atoms with van der Waals surface area (Å²) in [7, 11) is 2.05.